The Bertz CT molecular complexity index is 739. The Morgan fingerprint density at radius 1 is 0.852 bits per heavy atom. The van der Waals surface area contributed by atoms with E-state index >= 15 is 0 Å². The predicted octanol–water partition coefficient (Wildman–Crippen LogP) is -0.0290. The molecule has 0 saturated carbocycles. The summed E-state index contributed by atoms with van der Waals surface area (Å²) in [6, 6.07) is 0. The molecule has 1 aliphatic carbocycles. The number of hydrogen-bond donors (Lipinski definition) is 0. The first kappa shape index (κ1) is 19.0. The fraction of sp³-hybridized carbons (Fsp3) is 0.421. The molecular formula is C19H20N2O6. The third-order valence-corrected chi connectivity index (χ3v) is 4.36. The second-order valence-electron chi connectivity index (χ2n) is 6.33. The number of carbonyl (C=O) groups excluding carboxylic acids is 4. The number of nitrogens with zero attached hydrogens (tertiary/aromatic N) is 2. The first-order valence-electron chi connectivity index (χ1n) is 8.72. The lowest BCUT2D eigenvalue weighted by molar-refractivity contribution is -0.139. The van der Waals surface area contributed by atoms with E-state index in [-0.39, 0.29) is 49.2 Å². The van der Waals surface area contributed by atoms with Crippen molar-refractivity contribution in [1.29, 1.82) is 0 Å². The molecule has 0 N–H and O–H groups in total. The molecule has 3 aliphatic rings. The zero-order chi connectivity index (χ0) is 19.2. The Balaban J connectivity index is 1.24. The van der Waals surface area contributed by atoms with Crippen LogP contribution in [0.3, 0.4) is 0 Å². The molecule has 4 amide bonds. The van der Waals surface area contributed by atoms with Gasteiger partial charge in [0.25, 0.3) is 23.6 Å². The smallest absolute Gasteiger partial charge is 0.253 e. The minimum Gasteiger partial charge on any atom is -0.379 e. The quantitative estimate of drug-likeness (QED) is 0.304. The Labute approximate surface area is 156 Å². The molecule has 142 valence electrons. The maximum absolute atomic E-state index is 11.4. The van der Waals surface area contributed by atoms with Crippen molar-refractivity contribution >= 4 is 23.6 Å². The summed E-state index contributed by atoms with van der Waals surface area (Å²) in [5.41, 5.74) is 4.14. The monoisotopic (exact) mass is 372 g/mol. The molecule has 0 fully saturated rings. The summed E-state index contributed by atoms with van der Waals surface area (Å²) in [6.07, 6.45) is 7.69. The molecule has 0 spiro atoms. The highest BCUT2D eigenvalue weighted by Crippen LogP contribution is 2.19. The van der Waals surface area contributed by atoms with Crippen molar-refractivity contribution in [3.8, 4) is 0 Å². The van der Waals surface area contributed by atoms with Crippen LogP contribution in [-0.4, -0.2) is 72.9 Å². The molecule has 27 heavy (non-hydrogen) atoms. The standard InChI is InChI=1S/C19H20N2O6/c22-16-3-4-17(23)20(16)7-9-26-12-14-1-2-15(11-14)13-27-10-8-21-18(24)5-6-19(21)25/h1,3-6,14H,7-13H2/t14-/m1/s1. The molecule has 8 heteroatoms. The van der Waals surface area contributed by atoms with E-state index in [4.69, 9.17) is 9.47 Å². The van der Waals surface area contributed by atoms with Crippen molar-refractivity contribution in [1.82, 2.24) is 9.80 Å². The second-order valence-corrected chi connectivity index (χ2v) is 6.33. The van der Waals surface area contributed by atoms with Gasteiger partial charge in [0.15, 0.2) is 0 Å². The van der Waals surface area contributed by atoms with E-state index in [1.54, 1.807) is 0 Å². The van der Waals surface area contributed by atoms with Crippen LogP contribution in [-0.2, 0) is 28.7 Å². The van der Waals surface area contributed by atoms with E-state index in [9.17, 15) is 19.2 Å². The van der Waals surface area contributed by atoms with Crippen molar-refractivity contribution in [3.05, 3.63) is 41.7 Å². The van der Waals surface area contributed by atoms with E-state index in [0.717, 1.165) is 21.8 Å². The van der Waals surface area contributed by atoms with Crippen LogP contribution in [0.4, 0.5) is 0 Å². The van der Waals surface area contributed by atoms with Crippen LogP contribution in [0.2, 0.25) is 0 Å². The second kappa shape index (κ2) is 8.73. The Morgan fingerprint density at radius 3 is 1.93 bits per heavy atom. The van der Waals surface area contributed by atoms with Crippen molar-refractivity contribution in [2.45, 2.75) is 6.42 Å². The summed E-state index contributed by atoms with van der Waals surface area (Å²) < 4.78 is 11.1. The van der Waals surface area contributed by atoms with Crippen LogP contribution in [0, 0.1) is 5.92 Å². The summed E-state index contributed by atoms with van der Waals surface area (Å²) in [6.45, 7) is 1.91. The first-order chi connectivity index (χ1) is 13.0. The molecule has 2 aliphatic heterocycles. The number of ether oxygens (including phenoxy) is 2. The zero-order valence-corrected chi connectivity index (χ0v) is 14.8. The van der Waals surface area contributed by atoms with Gasteiger partial charge in [0.2, 0.25) is 0 Å². The van der Waals surface area contributed by atoms with E-state index in [1.807, 2.05) is 6.08 Å². The molecule has 0 radical (unpaired) electrons. The topological polar surface area (TPSA) is 93.2 Å². The summed E-state index contributed by atoms with van der Waals surface area (Å²) in [5, 5.41) is 0. The summed E-state index contributed by atoms with van der Waals surface area (Å²) in [7, 11) is 0. The van der Waals surface area contributed by atoms with Crippen LogP contribution in [0.25, 0.3) is 0 Å². The lowest BCUT2D eigenvalue weighted by atomic mass is 10.1. The van der Waals surface area contributed by atoms with Crippen LogP contribution in [0.1, 0.15) is 6.42 Å². The molecule has 2 heterocycles. The van der Waals surface area contributed by atoms with E-state index in [2.05, 4.69) is 5.73 Å². The normalized spacial score (nSPS) is 21.3. The molecule has 0 aromatic heterocycles. The van der Waals surface area contributed by atoms with Crippen LogP contribution < -0.4 is 0 Å². The molecule has 0 aromatic rings. The molecular weight excluding hydrogens is 352 g/mol. The van der Waals surface area contributed by atoms with Gasteiger partial charge in [-0.2, -0.15) is 0 Å². The Hall–Kier alpha value is -2.80. The van der Waals surface area contributed by atoms with Gasteiger partial charge in [-0.1, -0.05) is 0 Å². The van der Waals surface area contributed by atoms with Gasteiger partial charge in [-0.25, -0.2) is 0 Å². The first-order valence-corrected chi connectivity index (χ1v) is 8.72. The number of hydrogen-bond acceptors (Lipinski definition) is 6. The lowest BCUT2D eigenvalue weighted by Gasteiger charge is -2.15. The fourth-order valence-electron chi connectivity index (χ4n) is 2.92. The minimum atomic E-state index is -0.311. The Morgan fingerprint density at radius 2 is 1.37 bits per heavy atom. The average molecular weight is 372 g/mol. The summed E-state index contributed by atoms with van der Waals surface area (Å²) in [4.78, 5) is 47.9. The highest BCUT2D eigenvalue weighted by molar-refractivity contribution is 6.13. The molecule has 0 unspecified atom stereocenters. The lowest BCUT2D eigenvalue weighted by Crippen LogP contribution is -2.33. The number of amides is 4. The zero-order valence-electron chi connectivity index (χ0n) is 14.8. The number of carbonyl (C=O) groups is 4. The van der Waals surface area contributed by atoms with Gasteiger partial charge in [0, 0.05) is 30.2 Å². The van der Waals surface area contributed by atoms with E-state index < -0.39 is 0 Å². The fourth-order valence-corrected chi connectivity index (χ4v) is 2.92. The molecule has 8 nitrogen and oxygen atoms in total. The van der Waals surface area contributed by atoms with Gasteiger partial charge >= 0.3 is 0 Å². The van der Waals surface area contributed by atoms with Gasteiger partial charge < -0.3 is 9.47 Å². The van der Waals surface area contributed by atoms with Crippen molar-refractivity contribution in [2.24, 2.45) is 5.92 Å². The summed E-state index contributed by atoms with van der Waals surface area (Å²) >= 11 is 0. The predicted molar refractivity (Wildman–Crippen MR) is 93.1 cm³/mol. The average Bonchev–Trinajstić information content (AvgIpc) is 3.32. The highest BCUT2D eigenvalue weighted by Gasteiger charge is 2.24. The number of rotatable bonds is 10. The minimum absolute atomic E-state index is 0.178. The number of imide groups is 2. The third-order valence-electron chi connectivity index (χ3n) is 4.36. The van der Waals surface area contributed by atoms with Crippen molar-refractivity contribution in [3.63, 3.8) is 0 Å². The Kier molecular flexibility index (Phi) is 6.13. The van der Waals surface area contributed by atoms with Gasteiger partial charge in [-0.15, -0.1) is 5.73 Å². The van der Waals surface area contributed by atoms with Gasteiger partial charge in [-0.05, 0) is 18.1 Å². The largest absolute Gasteiger partial charge is 0.379 e. The van der Waals surface area contributed by atoms with Gasteiger partial charge in [-0.3, -0.25) is 29.0 Å². The van der Waals surface area contributed by atoms with Crippen LogP contribution in [0.15, 0.2) is 41.7 Å². The highest BCUT2D eigenvalue weighted by atomic mass is 16.5. The molecule has 0 aromatic carbocycles. The molecule has 3 rings (SSSR count). The van der Waals surface area contributed by atoms with Gasteiger partial charge in [0.05, 0.1) is 39.5 Å². The maximum Gasteiger partial charge on any atom is 0.253 e. The van der Waals surface area contributed by atoms with Crippen molar-refractivity contribution in [2.75, 3.05) is 39.5 Å². The van der Waals surface area contributed by atoms with E-state index in [1.165, 1.54) is 24.3 Å². The summed E-state index contributed by atoms with van der Waals surface area (Å²) in [5.74, 6) is -1.06. The van der Waals surface area contributed by atoms with Crippen LogP contribution in [0.5, 0.6) is 0 Å². The van der Waals surface area contributed by atoms with Crippen LogP contribution >= 0.6 is 0 Å². The maximum atomic E-state index is 11.4. The SMILES string of the molecule is O=C1C=CC(=O)N1CCOCC1=C=C[C@@H](COCCN2C(=O)C=CC2=O)C1. The molecule has 1 atom stereocenters. The van der Waals surface area contributed by atoms with Gasteiger partial charge in [0.1, 0.15) is 0 Å². The third kappa shape index (κ3) is 4.89. The molecule has 0 bridgehead atoms. The molecule has 0 saturated heterocycles. The van der Waals surface area contributed by atoms with Crippen molar-refractivity contribution < 1.29 is 28.7 Å². The van der Waals surface area contributed by atoms with E-state index in [0.29, 0.717) is 19.8 Å².